The molecule has 0 saturated heterocycles. The van der Waals surface area contributed by atoms with Gasteiger partial charge in [-0.3, -0.25) is 4.79 Å². The number of amides is 3. The van der Waals surface area contributed by atoms with Crippen LogP contribution in [-0.4, -0.2) is 11.9 Å². The van der Waals surface area contributed by atoms with E-state index in [4.69, 9.17) is 0 Å². The number of benzene rings is 2. The van der Waals surface area contributed by atoms with Crippen LogP contribution in [0.25, 0.3) is 0 Å². The second kappa shape index (κ2) is 7.17. The fourth-order valence-corrected chi connectivity index (χ4v) is 2.33. The summed E-state index contributed by atoms with van der Waals surface area (Å²) < 4.78 is 0. The Morgan fingerprint density at radius 2 is 1.67 bits per heavy atom. The fraction of sp³-hybridized carbons (Fsp3) is 0.263. The van der Waals surface area contributed by atoms with Gasteiger partial charge in [0.15, 0.2) is 0 Å². The van der Waals surface area contributed by atoms with Crippen molar-refractivity contribution in [1.82, 2.24) is 5.32 Å². The highest BCUT2D eigenvalue weighted by atomic mass is 16.2. The van der Waals surface area contributed by atoms with Gasteiger partial charge in [0.25, 0.3) is 0 Å². The molecule has 3 rings (SSSR count). The van der Waals surface area contributed by atoms with Gasteiger partial charge in [0.05, 0.1) is 0 Å². The molecule has 0 atom stereocenters. The molecule has 1 aliphatic carbocycles. The zero-order valence-corrected chi connectivity index (χ0v) is 13.6. The largest absolute Gasteiger partial charge is 0.334 e. The van der Waals surface area contributed by atoms with E-state index in [1.54, 1.807) is 18.2 Å². The van der Waals surface area contributed by atoms with Crippen molar-refractivity contribution in [2.24, 2.45) is 5.92 Å². The maximum Gasteiger partial charge on any atom is 0.319 e. The number of aryl methyl sites for hydroxylation is 1. The Bertz CT molecular complexity index is 737. The molecule has 0 aliphatic heterocycles. The number of anilines is 2. The van der Waals surface area contributed by atoms with Crippen LogP contribution in [0.3, 0.4) is 0 Å². The molecular formula is C19H21N3O2. The number of nitrogens with one attached hydrogen (secondary N) is 3. The molecule has 0 bridgehead atoms. The van der Waals surface area contributed by atoms with Gasteiger partial charge in [-0.1, -0.05) is 35.9 Å². The molecule has 1 fully saturated rings. The first kappa shape index (κ1) is 16.1. The summed E-state index contributed by atoms with van der Waals surface area (Å²) in [7, 11) is 0. The summed E-state index contributed by atoms with van der Waals surface area (Å²) in [6.45, 7) is 2.49. The molecule has 0 spiro atoms. The molecule has 0 radical (unpaired) electrons. The van der Waals surface area contributed by atoms with Crippen LogP contribution >= 0.6 is 0 Å². The van der Waals surface area contributed by atoms with Crippen molar-refractivity contribution in [3.05, 3.63) is 59.7 Å². The van der Waals surface area contributed by atoms with Gasteiger partial charge in [-0.15, -0.1) is 0 Å². The zero-order chi connectivity index (χ0) is 16.9. The Balaban J connectivity index is 1.51. The number of carbonyl (C=O) groups is 2. The predicted octanol–water partition coefficient (Wildman–Crippen LogP) is 3.67. The summed E-state index contributed by atoms with van der Waals surface area (Å²) in [5.74, 6) is 0.204. The second-order valence-corrected chi connectivity index (χ2v) is 6.14. The number of carbonyl (C=O) groups excluding carboxylic acids is 2. The summed E-state index contributed by atoms with van der Waals surface area (Å²) >= 11 is 0. The lowest BCUT2D eigenvalue weighted by molar-refractivity contribution is -0.117. The topological polar surface area (TPSA) is 70.2 Å². The number of hydrogen-bond acceptors (Lipinski definition) is 2. The first-order chi connectivity index (χ1) is 11.6. The van der Waals surface area contributed by atoms with E-state index in [9.17, 15) is 9.59 Å². The third-order valence-electron chi connectivity index (χ3n) is 3.91. The summed E-state index contributed by atoms with van der Waals surface area (Å²) in [4.78, 5) is 23.8. The Morgan fingerprint density at radius 3 is 2.33 bits per heavy atom. The molecule has 2 aromatic carbocycles. The molecule has 124 valence electrons. The van der Waals surface area contributed by atoms with E-state index in [1.807, 2.05) is 37.3 Å². The van der Waals surface area contributed by atoms with Crippen LogP contribution in [0.4, 0.5) is 16.2 Å². The molecule has 2 aromatic rings. The number of urea groups is 1. The Morgan fingerprint density at radius 1 is 1.00 bits per heavy atom. The third kappa shape index (κ3) is 4.59. The molecule has 0 aromatic heterocycles. The van der Waals surface area contributed by atoms with Crippen molar-refractivity contribution >= 4 is 23.3 Å². The standard InChI is InChI=1S/C19H21N3O2/c1-13-5-7-14(8-6-13)12-20-19(24)22-17-4-2-3-16(11-17)21-18(23)15-9-10-15/h2-8,11,15H,9-10,12H2,1H3,(H,21,23)(H2,20,22,24). The molecular weight excluding hydrogens is 302 g/mol. The molecule has 5 heteroatoms. The second-order valence-electron chi connectivity index (χ2n) is 6.14. The first-order valence-corrected chi connectivity index (χ1v) is 8.11. The fourth-order valence-electron chi connectivity index (χ4n) is 2.33. The van der Waals surface area contributed by atoms with Crippen molar-refractivity contribution in [3.63, 3.8) is 0 Å². The Labute approximate surface area is 141 Å². The van der Waals surface area contributed by atoms with E-state index in [0.717, 1.165) is 18.4 Å². The molecule has 0 heterocycles. The van der Waals surface area contributed by atoms with Crippen LogP contribution < -0.4 is 16.0 Å². The van der Waals surface area contributed by atoms with Gasteiger partial charge in [0.1, 0.15) is 0 Å². The van der Waals surface area contributed by atoms with Crippen LogP contribution in [-0.2, 0) is 11.3 Å². The van der Waals surface area contributed by atoms with Gasteiger partial charge in [0.2, 0.25) is 5.91 Å². The predicted molar refractivity (Wildman–Crippen MR) is 94.8 cm³/mol. The van der Waals surface area contributed by atoms with Crippen molar-refractivity contribution in [2.75, 3.05) is 10.6 Å². The van der Waals surface area contributed by atoms with Crippen molar-refractivity contribution in [2.45, 2.75) is 26.3 Å². The summed E-state index contributed by atoms with van der Waals surface area (Å²) in [5.41, 5.74) is 3.57. The van der Waals surface area contributed by atoms with E-state index in [2.05, 4.69) is 16.0 Å². The molecule has 3 N–H and O–H groups in total. The van der Waals surface area contributed by atoms with Crippen LogP contribution in [0.2, 0.25) is 0 Å². The van der Waals surface area contributed by atoms with Gasteiger partial charge >= 0.3 is 6.03 Å². The maximum atomic E-state index is 12.0. The zero-order valence-electron chi connectivity index (χ0n) is 13.6. The van der Waals surface area contributed by atoms with E-state index >= 15 is 0 Å². The summed E-state index contributed by atoms with van der Waals surface area (Å²) in [6, 6.07) is 14.9. The van der Waals surface area contributed by atoms with Crippen LogP contribution in [0.1, 0.15) is 24.0 Å². The van der Waals surface area contributed by atoms with Crippen LogP contribution in [0, 0.1) is 12.8 Å². The van der Waals surface area contributed by atoms with E-state index < -0.39 is 0 Å². The van der Waals surface area contributed by atoms with E-state index in [-0.39, 0.29) is 17.9 Å². The average molecular weight is 323 g/mol. The van der Waals surface area contributed by atoms with Gasteiger partial charge in [0, 0.05) is 23.8 Å². The number of rotatable bonds is 5. The van der Waals surface area contributed by atoms with Gasteiger partial charge in [-0.05, 0) is 43.5 Å². The molecule has 3 amide bonds. The molecule has 1 aliphatic rings. The summed E-state index contributed by atoms with van der Waals surface area (Å²) in [6.07, 6.45) is 1.93. The third-order valence-corrected chi connectivity index (χ3v) is 3.91. The monoisotopic (exact) mass is 323 g/mol. The summed E-state index contributed by atoms with van der Waals surface area (Å²) in [5, 5.41) is 8.47. The van der Waals surface area contributed by atoms with Crippen molar-refractivity contribution in [3.8, 4) is 0 Å². The maximum absolute atomic E-state index is 12.0. The number of hydrogen-bond donors (Lipinski definition) is 3. The minimum atomic E-state index is -0.277. The lowest BCUT2D eigenvalue weighted by Crippen LogP contribution is -2.28. The quantitative estimate of drug-likeness (QED) is 0.786. The van der Waals surface area contributed by atoms with E-state index in [0.29, 0.717) is 17.9 Å². The van der Waals surface area contributed by atoms with Crippen molar-refractivity contribution < 1.29 is 9.59 Å². The molecule has 24 heavy (non-hydrogen) atoms. The normalized spacial score (nSPS) is 13.2. The lowest BCUT2D eigenvalue weighted by atomic mass is 10.1. The Kier molecular flexibility index (Phi) is 4.79. The minimum absolute atomic E-state index is 0.0518. The van der Waals surface area contributed by atoms with Crippen LogP contribution in [0.5, 0.6) is 0 Å². The highest BCUT2D eigenvalue weighted by molar-refractivity contribution is 5.95. The van der Waals surface area contributed by atoms with Gasteiger partial charge in [-0.2, -0.15) is 0 Å². The highest BCUT2D eigenvalue weighted by Crippen LogP contribution is 2.30. The SMILES string of the molecule is Cc1ccc(CNC(=O)Nc2cccc(NC(=O)C3CC3)c2)cc1. The smallest absolute Gasteiger partial charge is 0.319 e. The minimum Gasteiger partial charge on any atom is -0.334 e. The van der Waals surface area contributed by atoms with Gasteiger partial charge in [-0.25, -0.2) is 4.79 Å². The molecule has 1 saturated carbocycles. The molecule has 0 unspecified atom stereocenters. The average Bonchev–Trinajstić information content (AvgIpc) is 3.40. The highest BCUT2D eigenvalue weighted by Gasteiger charge is 2.29. The van der Waals surface area contributed by atoms with Gasteiger partial charge < -0.3 is 16.0 Å². The lowest BCUT2D eigenvalue weighted by Gasteiger charge is -2.10. The van der Waals surface area contributed by atoms with Crippen molar-refractivity contribution in [1.29, 1.82) is 0 Å². The molecule has 5 nitrogen and oxygen atoms in total. The first-order valence-electron chi connectivity index (χ1n) is 8.11. The van der Waals surface area contributed by atoms with Crippen LogP contribution in [0.15, 0.2) is 48.5 Å². The van der Waals surface area contributed by atoms with E-state index in [1.165, 1.54) is 5.56 Å². The Hall–Kier alpha value is -2.82.